The zero-order valence-corrected chi connectivity index (χ0v) is 15.5. The Kier molecular flexibility index (Phi) is 5.25. The number of aryl methyl sites for hydroxylation is 1. The summed E-state index contributed by atoms with van der Waals surface area (Å²) < 4.78 is 17.6. The highest BCUT2D eigenvalue weighted by atomic mass is 16.5. The molecule has 6 heteroatoms. The Hall–Kier alpha value is -1.50. The first-order chi connectivity index (χ1) is 12.7. The van der Waals surface area contributed by atoms with Gasteiger partial charge < -0.3 is 19.1 Å². The topological polar surface area (TPSA) is 60.9 Å². The van der Waals surface area contributed by atoms with Crippen LogP contribution in [-0.4, -0.2) is 60.4 Å². The van der Waals surface area contributed by atoms with Crippen LogP contribution in [0.5, 0.6) is 0 Å². The van der Waals surface area contributed by atoms with Crippen LogP contribution in [0.15, 0.2) is 18.5 Å². The van der Waals surface area contributed by atoms with Gasteiger partial charge in [0, 0.05) is 44.6 Å². The average Bonchev–Trinajstić information content (AvgIpc) is 2.66. The van der Waals surface area contributed by atoms with E-state index in [-0.39, 0.29) is 23.5 Å². The number of aromatic nitrogens is 1. The third-order valence-corrected chi connectivity index (χ3v) is 5.91. The minimum absolute atomic E-state index is 0.130. The zero-order valence-electron chi connectivity index (χ0n) is 15.5. The number of nitrogens with zero attached hydrogens (tertiary/aromatic N) is 2. The maximum atomic E-state index is 12.6. The highest BCUT2D eigenvalue weighted by Crippen LogP contribution is 2.37. The van der Waals surface area contributed by atoms with Crippen LogP contribution in [0.1, 0.15) is 36.8 Å². The lowest BCUT2D eigenvalue weighted by atomic mass is 9.83. The molecule has 0 radical (unpaired) electrons. The number of rotatable bonds is 4. The SMILES string of the molecule is Cc1ccncc1CO[C@H]1CCOC2(C1)CN(C(=O)C1CCOCC1)C2. The van der Waals surface area contributed by atoms with E-state index in [1.165, 1.54) is 5.56 Å². The fourth-order valence-corrected chi connectivity index (χ4v) is 4.21. The van der Waals surface area contributed by atoms with E-state index in [9.17, 15) is 4.79 Å². The number of carbonyl (C=O) groups is 1. The molecular weight excluding hydrogens is 332 g/mol. The van der Waals surface area contributed by atoms with E-state index in [4.69, 9.17) is 14.2 Å². The van der Waals surface area contributed by atoms with Gasteiger partial charge in [0.25, 0.3) is 0 Å². The summed E-state index contributed by atoms with van der Waals surface area (Å²) in [5.74, 6) is 0.404. The molecule has 3 saturated heterocycles. The van der Waals surface area contributed by atoms with Gasteiger partial charge in [0.05, 0.1) is 25.8 Å². The summed E-state index contributed by atoms with van der Waals surface area (Å²) >= 11 is 0. The molecule has 0 bridgehead atoms. The van der Waals surface area contributed by atoms with Crippen molar-refractivity contribution in [2.75, 3.05) is 32.9 Å². The number of pyridine rings is 1. The molecule has 4 rings (SSSR count). The number of hydrogen-bond donors (Lipinski definition) is 0. The lowest BCUT2D eigenvalue weighted by Crippen LogP contribution is -2.68. The summed E-state index contributed by atoms with van der Waals surface area (Å²) in [7, 11) is 0. The van der Waals surface area contributed by atoms with Gasteiger partial charge in [0.1, 0.15) is 5.60 Å². The molecule has 4 heterocycles. The van der Waals surface area contributed by atoms with Gasteiger partial charge in [0.15, 0.2) is 0 Å². The van der Waals surface area contributed by atoms with Gasteiger partial charge in [-0.1, -0.05) is 0 Å². The van der Waals surface area contributed by atoms with Crippen molar-refractivity contribution >= 4 is 5.91 Å². The molecule has 1 aromatic heterocycles. The van der Waals surface area contributed by atoms with Crippen LogP contribution in [0.4, 0.5) is 0 Å². The van der Waals surface area contributed by atoms with Gasteiger partial charge in [-0.25, -0.2) is 0 Å². The van der Waals surface area contributed by atoms with Crippen molar-refractivity contribution in [3.8, 4) is 0 Å². The van der Waals surface area contributed by atoms with Crippen LogP contribution >= 0.6 is 0 Å². The first kappa shape index (κ1) is 17.9. The van der Waals surface area contributed by atoms with Crippen LogP contribution < -0.4 is 0 Å². The molecule has 0 aromatic carbocycles. The fourth-order valence-electron chi connectivity index (χ4n) is 4.21. The van der Waals surface area contributed by atoms with E-state index in [0.29, 0.717) is 39.5 Å². The molecule has 3 fully saturated rings. The van der Waals surface area contributed by atoms with Crippen LogP contribution in [-0.2, 0) is 25.6 Å². The Morgan fingerprint density at radius 2 is 2.12 bits per heavy atom. The Morgan fingerprint density at radius 1 is 1.31 bits per heavy atom. The molecule has 6 nitrogen and oxygen atoms in total. The monoisotopic (exact) mass is 360 g/mol. The standard InChI is InChI=1S/C20H28N2O4/c1-15-2-6-21-11-17(15)12-25-18-5-9-26-20(10-18)13-22(14-20)19(23)16-3-7-24-8-4-16/h2,6,11,16,18H,3-5,7-10,12-14H2,1H3/t18-/m0/s1. The molecule has 1 aromatic rings. The second-order valence-electron chi connectivity index (χ2n) is 7.84. The maximum absolute atomic E-state index is 12.6. The van der Waals surface area contributed by atoms with Gasteiger partial charge in [-0.15, -0.1) is 0 Å². The minimum atomic E-state index is -0.201. The third-order valence-electron chi connectivity index (χ3n) is 5.91. The number of hydrogen-bond acceptors (Lipinski definition) is 5. The van der Waals surface area contributed by atoms with E-state index in [0.717, 1.165) is 31.2 Å². The summed E-state index contributed by atoms with van der Waals surface area (Å²) in [6.45, 7) is 6.19. The van der Waals surface area contributed by atoms with Gasteiger partial charge in [-0.3, -0.25) is 9.78 Å². The Balaban J connectivity index is 1.28. The molecule has 1 spiro atoms. The highest BCUT2D eigenvalue weighted by Gasteiger charge is 2.50. The van der Waals surface area contributed by atoms with Gasteiger partial charge in [0.2, 0.25) is 5.91 Å². The second kappa shape index (κ2) is 7.62. The lowest BCUT2D eigenvalue weighted by Gasteiger charge is -2.53. The number of carbonyl (C=O) groups excluding carboxylic acids is 1. The summed E-state index contributed by atoms with van der Waals surface area (Å²) in [6.07, 6.45) is 7.34. The Morgan fingerprint density at radius 3 is 2.88 bits per heavy atom. The van der Waals surface area contributed by atoms with Crippen molar-refractivity contribution in [1.29, 1.82) is 0 Å². The van der Waals surface area contributed by atoms with E-state index < -0.39 is 0 Å². The van der Waals surface area contributed by atoms with Crippen LogP contribution in [0.2, 0.25) is 0 Å². The third kappa shape index (κ3) is 3.77. The smallest absolute Gasteiger partial charge is 0.226 e. The number of ether oxygens (including phenoxy) is 3. The van der Waals surface area contributed by atoms with E-state index in [1.54, 1.807) is 6.20 Å². The summed E-state index contributed by atoms with van der Waals surface area (Å²) in [6, 6.07) is 2.01. The largest absolute Gasteiger partial charge is 0.381 e. The molecule has 26 heavy (non-hydrogen) atoms. The molecule has 0 saturated carbocycles. The van der Waals surface area contributed by atoms with Crippen LogP contribution in [0.25, 0.3) is 0 Å². The maximum Gasteiger partial charge on any atom is 0.226 e. The lowest BCUT2D eigenvalue weighted by molar-refractivity contribution is -0.205. The van der Waals surface area contributed by atoms with E-state index in [2.05, 4.69) is 11.9 Å². The van der Waals surface area contributed by atoms with E-state index in [1.807, 2.05) is 17.2 Å². The normalized spacial score (nSPS) is 25.9. The van der Waals surface area contributed by atoms with Crippen LogP contribution in [0.3, 0.4) is 0 Å². The molecule has 1 atom stereocenters. The van der Waals surface area contributed by atoms with Crippen molar-refractivity contribution in [2.45, 2.75) is 50.9 Å². The molecule has 0 N–H and O–H groups in total. The van der Waals surface area contributed by atoms with Crippen LogP contribution in [0, 0.1) is 12.8 Å². The molecule has 1 amide bonds. The van der Waals surface area contributed by atoms with Gasteiger partial charge in [-0.2, -0.15) is 0 Å². The fraction of sp³-hybridized carbons (Fsp3) is 0.700. The Labute approximate surface area is 154 Å². The molecular formula is C20H28N2O4. The van der Waals surface area contributed by atoms with Crippen molar-refractivity contribution in [3.05, 3.63) is 29.6 Å². The molecule has 3 aliphatic heterocycles. The molecule has 0 aliphatic carbocycles. The van der Waals surface area contributed by atoms with Crippen molar-refractivity contribution in [2.24, 2.45) is 5.92 Å². The van der Waals surface area contributed by atoms with Crippen molar-refractivity contribution in [1.82, 2.24) is 9.88 Å². The van der Waals surface area contributed by atoms with Gasteiger partial charge in [-0.05, 0) is 43.4 Å². The van der Waals surface area contributed by atoms with Crippen molar-refractivity contribution < 1.29 is 19.0 Å². The highest BCUT2D eigenvalue weighted by molar-refractivity contribution is 5.80. The van der Waals surface area contributed by atoms with Gasteiger partial charge >= 0.3 is 0 Å². The summed E-state index contributed by atoms with van der Waals surface area (Å²) in [4.78, 5) is 18.8. The summed E-state index contributed by atoms with van der Waals surface area (Å²) in [5.41, 5.74) is 2.14. The summed E-state index contributed by atoms with van der Waals surface area (Å²) in [5, 5.41) is 0. The van der Waals surface area contributed by atoms with Crippen molar-refractivity contribution in [3.63, 3.8) is 0 Å². The predicted molar refractivity (Wildman–Crippen MR) is 95.6 cm³/mol. The second-order valence-corrected chi connectivity index (χ2v) is 7.84. The zero-order chi connectivity index (χ0) is 18.0. The molecule has 0 unspecified atom stereocenters. The van der Waals surface area contributed by atoms with E-state index >= 15 is 0 Å². The predicted octanol–water partition coefficient (Wildman–Crippen LogP) is 2.09. The first-order valence-electron chi connectivity index (χ1n) is 9.67. The average molecular weight is 360 g/mol. The quantitative estimate of drug-likeness (QED) is 0.823. The molecule has 142 valence electrons. The minimum Gasteiger partial charge on any atom is -0.381 e. The number of likely N-dealkylation sites (tertiary alicyclic amines) is 1. The Bertz CT molecular complexity index is 638. The number of amides is 1. The first-order valence-corrected chi connectivity index (χ1v) is 9.67. The molecule has 3 aliphatic rings.